The Labute approximate surface area is 232 Å². The Morgan fingerprint density at radius 1 is 1.28 bits per heavy atom. The van der Waals surface area contributed by atoms with Crippen molar-refractivity contribution in [3.05, 3.63) is 52.7 Å². The summed E-state index contributed by atoms with van der Waals surface area (Å²) in [5.41, 5.74) is 5.46. The molecule has 1 aromatic carbocycles. The van der Waals surface area contributed by atoms with Gasteiger partial charge in [-0.25, -0.2) is 0 Å². The first-order valence-corrected chi connectivity index (χ1v) is 14.2. The van der Waals surface area contributed by atoms with Crippen molar-refractivity contribution in [2.45, 2.75) is 64.3 Å². The molecule has 4 heterocycles. The number of hydrogen-bond donors (Lipinski definition) is 2. The summed E-state index contributed by atoms with van der Waals surface area (Å²) in [5.74, 6) is 0.941. The average Bonchev–Trinajstić information content (AvgIpc) is 3.35. The van der Waals surface area contributed by atoms with Crippen LogP contribution in [0.1, 0.15) is 48.6 Å². The number of aromatic nitrogens is 2. The standard InChI is InChI=1S/C30H41N7O2/c1-21-7-4-5-9-25(21)28(17-22(2)38)36-15-11-26-27(19-36)33-30(39-20-24-8-6-14-35(24)3)34-29(26)37-16-13-32-23(18-37)10-12-31/h4-5,7,9,17,22-24,32,38H,6,8,10-11,13-16,18-20H2,1-3H3/b28-17+/t22-,23-,24-/m0/s1. The van der Waals surface area contributed by atoms with E-state index >= 15 is 0 Å². The van der Waals surface area contributed by atoms with Crippen LogP contribution in [-0.2, 0) is 13.0 Å². The molecule has 9 heteroatoms. The van der Waals surface area contributed by atoms with Gasteiger partial charge in [0.2, 0.25) is 0 Å². The van der Waals surface area contributed by atoms with Gasteiger partial charge in [0.05, 0.1) is 30.8 Å². The van der Waals surface area contributed by atoms with Crippen molar-refractivity contribution in [1.82, 2.24) is 25.1 Å². The number of benzene rings is 1. The summed E-state index contributed by atoms with van der Waals surface area (Å²) in [6.07, 6.45) is 4.95. The fraction of sp³-hybridized carbons (Fsp3) is 0.567. The molecule has 5 rings (SSSR count). The summed E-state index contributed by atoms with van der Waals surface area (Å²) in [5, 5.41) is 23.1. The first-order chi connectivity index (χ1) is 18.9. The molecule has 208 valence electrons. The molecule has 0 unspecified atom stereocenters. The van der Waals surface area contributed by atoms with E-state index in [1.807, 2.05) is 18.2 Å². The summed E-state index contributed by atoms with van der Waals surface area (Å²) >= 11 is 0. The second-order valence-electron chi connectivity index (χ2n) is 11.1. The molecule has 0 radical (unpaired) electrons. The molecule has 39 heavy (non-hydrogen) atoms. The highest BCUT2D eigenvalue weighted by Gasteiger charge is 2.30. The third-order valence-corrected chi connectivity index (χ3v) is 8.15. The third kappa shape index (κ3) is 6.35. The topological polar surface area (TPSA) is 101 Å². The van der Waals surface area contributed by atoms with Crippen LogP contribution in [0.15, 0.2) is 30.3 Å². The van der Waals surface area contributed by atoms with Gasteiger partial charge < -0.3 is 29.9 Å². The molecule has 9 nitrogen and oxygen atoms in total. The normalized spacial score (nSPS) is 22.9. The largest absolute Gasteiger partial charge is 0.462 e. The molecule has 1 aromatic heterocycles. The van der Waals surface area contributed by atoms with Crippen LogP contribution in [0.4, 0.5) is 5.82 Å². The summed E-state index contributed by atoms with van der Waals surface area (Å²) in [6.45, 7) is 9.38. The lowest BCUT2D eigenvalue weighted by Gasteiger charge is -2.38. The molecule has 2 N–H and O–H groups in total. The molecule has 3 atom stereocenters. The lowest BCUT2D eigenvalue weighted by atomic mass is 9.99. The van der Waals surface area contributed by atoms with Gasteiger partial charge in [-0.05, 0) is 58.3 Å². The molecule has 2 aromatic rings. The van der Waals surface area contributed by atoms with E-state index in [-0.39, 0.29) is 6.04 Å². The smallest absolute Gasteiger partial charge is 0.318 e. The summed E-state index contributed by atoms with van der Waals surface area (Å²) in [7, 11) is 2.15. The second kappa shape index (κ2) is 12.3. The minimum absolute atomic E-state index is 0.118. The second-order valence-corrected chi connectivity index (χ2v) is 11.1. The molecule has 0 saturated carbocycles. The number of likely N-dealkylation sites (tertiary alicyclic amines) is 1. The third-order valence-electron chi connectivity index (χ3n) is 8.15. The van der Waals surface area contributed by atoms with Crippen molar-refractivity contribution in [1.29, 1.82) is 5.26 Å². The SMILES string of the molecule is Cc1ccccc1/C(=C\[C@H](C)O)N1CCc2c(nc(OC[C@@H]3CCCN3C)nc2N2CCN[C@@H](CC#N)C2)C1. The van der Waals surface area contributed by atoms with Gasteiger partial charge in [-0.1, -0.05) is 24.3 Å². The van der Waals surface area contributed by atoms with Gasteiger partial charge in [-0.15, -0.1) is 0 Å². The number of aliphatic hydroxyl groups is 1. The predicted octanol–water partition coefficient (Wildman–Crippen LogP) is 2.73. The molecule has 0 amide bonds. The maximum Gasteiger partial charge on any atom is 0.318 e. The van der Waals surface area contributed by atoms with Crippen molar-refractivity contribution in [2.24, 2.45) is 0 Å². The molecular formula is C30H41N7O2. The van der Waals surface area contributed by atoms with Gasteiger partial charge in [0.1, 0.15) is 12.4 Å². The van der Waals surface area contributed by atoms with Crippen LogP contribution >= 0.6 is 0 Å². The highest BCUT2D eigenvalue weighted by atomic mass is 16.5. The predicted molar refractivity (Wildman–Crippen MR) is 152 cm³/mol. The van der Waals surface area contributed by atoms with Gasteiger partial charge in [0.25, 0.3) is 0 Å². The van der Waals surface area contributed by atoms with E-state index < -0.39 is 6.10 Å². The molecule has 0 aliphatic carbocycles. The number of nitriles is 1. The number of likely N-dealkylation sites (N-methyl/N-ethyl adjacent to an activating group) is 1. The molecule has 2 saturated heterocycles. The Morgan fingerprint density at radius 2 is 2.13 bits per heavy atom. The Balaban J connectivity index is 1.47. The summed E-state index contributed by atoms with van der Waals surface area (Å²) < 4.78 is 6.26. The van der Waals surface area contributed by atoms with Crippen LogP contribution in [0.2, 0.25) is 0 Å². The monoisotopic (exact) mass is 531 g/mol. The molecule has 3 aliphatic heterocycles. The number of anilines is 1. The Bertz CT molecular complexity index is 1220. The van der Waals surface area contributed by atoms with E-state index in [1.165, 1.54) is 12.0 Å². The quantitative estimate of drug-likeness (QED) is 0.533. The minimum Gasteiger partial charge on any atom is -0.462 e. The first-order valence-electron chi connectivity index (χ1n) is 14.2. The van der Waals surface area contributed by atoms with Gasteiger partial charge in [-0.3, -0.25) is 0 Å². The maximum atomic E-state index is 10.3. The van der Waals surface area contributed by atoms with Crippen LogP contribution in [0.25, 0.3) is 5.70 Å². The van der Waals surface area contributed by atoms with Gasteiger partial charge in [0, 0.05) is 55.1 Å². The van der Waals surface area contributed by atoms with E-state index in [1.54, 1.807) is 6.92 Å². The van der Waals surface area contributed by atoms with E-state index in [0.717, 1.165) is 73.9 Å². The Morgan fingerprint density at radius 3 is 2.87 bits per heavy atom. The molecule has 3 aliphatic rings. The number of hydrogen-bond acceptors (Lipinski definition) is 9. The van der Waals surface area contributed by atoms with Crippen molar-refractivity contribution < 1.29 is 9.84 Å². The number of fused-ring (bicyclic) bond motifs is 1. The minimum atomic E-state index is -0.567. The number of ether oxygens (including phenoxy) is 1. The average molecular weight is 532 g/mol. The summed E-state index contributed by atoms with van der Waals surface area (Å²) in [6, 6.07) is 11.6. The molecule has 0 spiro atoms. The van der Waals surface area contributed by atoms with Crippen molar-refractivity contribution in [2.75, 3.05) is 51.3 Å². The van der Waals surface area contributed by atoms with E-state index in [4.69, 9.17) is 14.7 Å². The maximum absolute atomic E-state index is 10.3. The fourth-order valence-electron chi connectivity index (χ4n) is 6.00. The van der Waals surface area contributed by atoms with Crippen molar-refractivity contribution in [3.8, 4) is 12.1 Å². The number of aryl methyl sites for hydroxylation is 1. The van der Waals surface area contributed by atoms with Crippen LogP contribution in [0.3, 0.4) is 0 Å². The highest BCUT2D eigenvalue weighted by Crippen LogP contribution is 2.34. The van der Waals surface area contributed by atoms with Crippen LogP contribution < -0.4 is 15.0 Å². The van der Waals surface area contributed by atoms with E-state index in [2.05, 4.69) is 52.2 Å². The molecular weight excluding hydrogens is 490 g/mol. The lowest BCUT2D eigenvalue weighted by Crippen LogP contribution is -2.51. The molecule has 2 fully saturated rings. The van der Waals surface area contributed by atoms with Crippen LogP contribution in [-0.4, -0.2) is 89.4 Å². The van der Waals surface area contributed by atoms with Gasteiger partial charge in [0.15, 0.2) is 0 Å². The number of nitrogens with zero attached hydrogens (tertiary/aromatic N) is 6. The van der Waals surface area contributed by atoms with Crippen LogP contribution in [0, 0.1) is 18.3 Å². The van der Waals surface area contributed by atoms with E-state index in [0.29, 0.717) is 31.6 Å². The lowest BCUT2D eigenvalue weighted by molar-refractivity contribution is 0.186. The summed E-state index contributed by atoms with van der Waals surface area (Å²) in [4.78, 5) is 16.9. The van der Waals surface area contributed by atoms with Crippen molar-refractivity contribution in [3.63, 3.8) is 0 Å². The zero-order chi connectivity index (χ0) is 27.4. The molecule has 0 bridgehead atoms. The number of nitrogens with one attached hydrogen (secondary N) is 1. The van der Waals surface area contributed by atoms with Gasteiger partial charge in [-0.2, -0.15) is 15.2 Å². The zero-order valence-electron chi connectivity index (χ0n) is 23.4. The van der Waals surface area contributed by atoms with Crippen LogP contribution in [0.5, 0.6) is 6.01 Å². The number of rotatable bonds is 8. The first kappa shape index (κ1) is 27.4. The number of aliphatic hydroxyl groups excluding tert-OH is 1. The highest BCUT2D eigenvalue weighted by molar-refractivity contribution is 5.68. The Hall–Kier alpha value is -3.19. The van der Waals surface area contributed by atoms with E-state index in [9.17, 15) is 10.4 Å². The Kier molecular flexibility index (Phi) is 8.66. The zero-order valence-corrected chi connectivity index (χ0v) is 23.4. The van der Waals surface area contributed by atoms with Crippen molar-refractivity contribution >= 4 is 11.5 Å². The number of piperazine rings is 1. The van der Waals surface area contributed by atoms with Gasteiger partial charge >= 0.3 is 6.01 Å². The fourth-order valence-corrected chi connectivity index (χ4v) is 6.00.